The van der Waals surface area contributed by atoms with E-state index in [0.29, 0.717) is 33.1 Å². The highest BCUT2D eigenvalue weighted by Crippen LogP contribution is 2.37. The molecule has 0 amide bonds. The van der Waals surface area contributed by atoms with Gasteiger partial charge in [-0.3, -0.25) is 10.1 Å². The summed E-state index contributed by atoms with van der Waals surface area (Å²) in [5.41, 5.74) is 2.04. The second-order valence-corrected chi connectivity index (χ2v) is 5.69. The number of carbonyl (C=O) groups is 1. The van der Waals surface area contributed by atoms with Crippen LogP contribution in [0.15, 0.2) is 17.5 Å². The second kappa shape index (κ2) is 6.15. The Kier molecular flexibility index (Phi) is 4.46. The first-order chi connectivity index (χ1) is 10.3. The van der Waals surface area contributed by atoms with Crippen molar-refractivity contribution in [3.8, 4) is 11.5 Å². The Labute approximate surface area is 131 Å². The molecule has 6 nitrogen and oxygen atoms in total. The van der Waals surface area contributed by atoms with Gasteiger partial charge in [-0.2, -0.15) is 0 Å². The molecule has 0 aliphatic carbocycles. The fourth-order valence-corrected chi connectivity index (χ4v) is 3.01. The number of carbonyl (C=O) groups excluding carboxylic acids is 1. The van der Waals surface area contributed by atoms with E-state index in [0.717, 1.165) is 0 Å². The number of hydrogen-bond donors (Lipinski definition) is 0. The van der Waals surface area contributed by atoms with Crippen LogP contribution in [-0.2, 0) is 4.74 Å². The zero-order valence-electron chi connectivity index (χ0n) is 12.6. The van der Waals surface area contributed by atoms with Gasteiger partial charge >= 0.3 is 5.97 Å². The van der Waals surface area contributed by atoms with Crippen LogP contribution in [0.3, 0.4) is 0 Å². The number of rotatable bonds is 4. The van der Waals surface area contributed by atoms with Crippen LogP contribution < -0.4 is 4.74 Å². The highest BCUT2D eigenvalue weighted by atomic mass is 32.1. The molecule has 0 radical (unpaired) electrons. The van der Waals surface area contributed by atoms with Crippen LogP contribution in [0.4, 0.5) is 5.69 Å². The Morgan fingerprint density at radius 1 is 1.23 bits per heavy atom. The van der Waals surface area contributed by atoms with Crippen LogP contribution >= 0.6 is 11.3 Å². The third kappa shape index (κ3) is 2.94. The fourth-order valence-electron chi connectivity index (χ4n) is 2.10. The van der Waals surface area contributed by atoms with E-state index >= 15 is 0 Å². The standard InChI is InChI=1S/C15H15NO5S/c1-8-5-11(16(18)19)6-9(2)13(8)21-12-7-22-14(10(12)3)15(17)20-4/h5-7H,1-4H3. The maximum Gasteiger partial charge on any atom is 0.348 e. The second-order valence-electron chi connectivity index (χ2n) is 4.81. The Morgan fingerprint density at radius 2 is 1.82 bits per heavy atom. The van der Waals surface area contributed by atoms with E-state index in [2.05, 4.69) is 0 Å². The normalized spacial score (nSPS) is 10.4. The number of nitro groups is 1. The summed E-state index contributed by atoms with van der Waals surface area (Å²) in [5, 5.41) is 12.6. The molecule has 0 saturated carbocycles. The minimum absolute atomic E-state index is 0.0274. The van der Waals surface area contributed by atoms with Gasteiger partial charge in [0.05, 0.1) is 12.0 Å². The molecule has 0 unspecified atom stereocenters. The molecule has 0 N–H and O–H groups in total. The van der Waals surface area contributed by atoms with Gasteiger partial charge in [0.1, 0.15) is 16.4 Å². The van der Waals surface area contributed by atoms with Crippen LogP contribution in [0.2, 0.25) is 0 Å². The maximum absolute atomic E-state index is 11.6. The van der Waals surface area contributed by atoms with Gasteiger partial charge < -0.3 is 9.47 Å². The van der Waals surface area contributed by atoms with Gasteiger partial charge in [-0.25, -0.2) is 4.79 Å². The predicted octanol–water partition coefficient (Wildman–Crippen LogP) is 4.16. The van der Waals surface area contributed by atoms with Crippen LogP contribution in [0.1, 0.15) is 26.4 Å². The minimum atomic E-state index is -0.436. The lowest BCUT2D eigenvalue weighted by atomic mass is 10.1. The molecule has 116 valence electrons. The summed E-state index contributed by atoms with van der Waals surface area (Å²) in [4.78, 5) is 22.5. The summed E-state index contributed by atoms with van der Waals surface area (Å²) in [6.07, 6.45) is 0. The summed E-state index contributed by atoms with van der Waals surface area (Å²) in [5.74, 6) is 0.697. The summed E-state index contributed by atoms with van der Waals surface area (Å²) in [6.45, 7) is 5.27. The molecule has 0 aliphatic rings. The van der Waals surface area contributed by atoms with Gasteiger partial charge in [0.15, 0.2) is 0 Å². The molecule has 0 bridgehead atoms. The molecule has 0 spiro atoms. The molecule has 1 aromatic carbocycles. The van der Waals surface area contributed by atoms with Crippen molar-refractivity contribution in [1.82, 2.24) is 0 Å². The first kappa shape index (κ1) is 16.0. The average Bonchev–Trinajstić information content (AvgIpc) is 2.82. The number of nitrogens with zero attached hydrogens (tertiary/aromatic N) is 1. The van der Waals surface area contributed by atoms with Crippen LogP contribution in [-0.4, -0.2) is 18.0 Å². The first-order valence-electron chi connectivity index (χ1n) is 6.45. The van der Waals surface area contributed by atoms with Crippen molar-refractivity contribution >= 4 is 23.0 Å². The van der Waals surface area contributed by atoms with Gasteiger partial charge in [-0.1, -0.05) is 0 Å². The Hall–Kier alpha value is -2.41. The molecule has 0 atom stereocenters. The number of ether oxygens (including phenoxy) is 2. The number of thiophene rings is 1. The molecule has 1 heterocycles. The molecule has 1 aromatic heterocycles. The van der Waals surface area contributed by atoms with Gasteiger partial charge in [0.25, 0.3) is 5.69 Å². The van der Waals surface area contributed by atoms with Crippen molar-refractivity contribution in [1.29, 1.82) is 0 Å². The van der Waals surface area contributed by atoms with E-state index in [4.69, 9.17) is 9.47 Å². The quantitative estimate of drug-likeness (QED) is 0.480. The lowest BCUT2D eigenvalue weighted by Gasteiger charge is -2.11. The van der Waals surface area contributed by atoms with E-state index in [1.807, 2.05) is 0 Å². The highest BCUT2D eigenvalue weighted by Gasteiger charge is 2.19. The van der Waals surface area contributed by atoms with E-state index < -0.39 is 10.9 Å². The lowest BCUT2D eigenvalue weighted by molar-refractivity contribution is -0.385. The highest BCUT2D eigenvalue weighted by molar-refractivity contribution is 7.12. The van der Waals surface area contributed by atoms with Crippen LogP contribution in [0.5, 0.6) is 11.5 Å². The number of methoxy groups -OCH3 is 1. The molecule has 0 saturated heterocycles. The van der Waals surface area contributed by atoms with Gasteiger partial charge in [-0.15, -0.1) is 11.3 Å². The Morgan fingerprint density at radius 3 is 2.32 bits per heavy atom. The molecule has 0 aliphatic heterocycles. The minimum Gasteiger partial charge on any atom is -0.465 e. The smallest absolute Gasteiger partial charge is 0.348 e. The number of hydrogen-bond acceptors (Lipinski definition) is 6. The molecule has 2 rings (SSSR count). The van der Waals surface area contributed by atoms with E-state index in [1.54, 1.807) is 26.2 Å². The number of aryl methyl sites for hydroxylation is 2. The van der Waals surface area contributed by atoms with E-state index in [1.165, 1.54) is 30.6 Å². The van der Waals surface area contributed by atoms with Crippen molar-refractivity contribution in [2.24, 2.45) is 0 Å². The third-order valence-electron chi connectivity index (χ3n) is 3.23. The lowest BCUT2D eigenvalue weighted by Crippen LogP contribution is -2.00. The van der Waals surface area contributed by atoms with Crippen molar-refractivity contribution in [2.45, 2.75) is 20.8 Å². The number of benzene rings is 1. The number of nitro benzene ring substituents is 1. The van der Waals surface area contributed by atoms with Crippen molar-refractivity contribution < 1.29 is 19.2 Å². The van der Waals surface area contributed by atoms with Crippen molar-refractivity contribution in [3.05, 3.63) is 49.2 Å². The molecule has 7 heteroatoms. The summed E-state index contributed by atoms with van der Waals surface area (Å²) in [6, 6.07) is 2.93. The number of esters is 1. The maximum atomic E-state index is 11.6. The molecule has 2 aromatic rings. The Bertz CT molecular complexity index is 727. The zero-order chi connectivity index (χ0) is 16.4. The van der Waals surface area contributed by atoms with E-state index in [-0.39, 0.29) is 5.69 Å². The SMILES string of the molecule is COC(=O)c1scc(Oc2c(C)cc([N+](=O)[O-])cc2C)c1C. The fraction of sp³-hybridized carbons (Fsp3) is 0.267. The van der Waals surface area contributed by atoms with Gasteiger partial charge in [0, 0.05) is 23.1 Å². The monoisotopic (exact) mass is 321 g/mol. The van der Waals surface area contributed by atoms with Crippen LogP contribution in [0, 0.1) is 30.9 Å². The topological polar surface area (TPSA) is 78.7 Å². The Balaban J connectivity index is 2.38. The third-order valence-corrected chi connectivity index (χ3v) is 4.27. The van der Waals surface area contributed by atoms with Gasteiger partial charge in [0.2, 0.25) is 0 Å². The molecule has 0 fully saturated rings. The first-order valence-corrected chi connectivity index (χ1v) is 7.33. The average molecular weight is 321 g/mol. The van der Waals surface area contributed by atoms with Crippen molar-refractivity contribution in [2.75, 3.05) is 7.11 Å². The molecule has 22 heavy (non-hydrogen) atoms. The summed E-state index contributed by atoms with van der Waals surface area (Å²) >= 11 is 1.24. The summed E-state index contributed by atoms with van der Waals surface area (Å²) < 4.78 is 10.6. The predicted molar refractivity (Wildman–Crippen MR) is 83.0 cm³/mol. The van der Waals surface area contributed by atoms with Gasteiger partial charge in [-0.05, 0) is 31.9 Å². The molecular formula is C15H15NO5S. The zero-order valence-corrected chi connectivity index (χ0v) is 13.4. The van der Waals surface area contributed by atoms with Crippen LogP contribution in [0.25, 0.3) is 0 Å². The molecular weight excluding hydrogens is 306 g/mol. The van der Waals surface area contributed by atoms with E-state index in [9.17, 15) is 14.9 Å². The number of non-ortho nitro benzene ring substituents is 1. The van der Waals surface area contributed by atoms with Crippen molar-refractivity contribution in [3.63, 3.8) is 0 Å². The largest absolute Gasteiger partial charge is 0.465 e. The summed E-state index contributed by atoms with van der Waals surface area (Å²) in [7, 11) is 1.33.